The van der Waals surface area contributed by atoms with Gasteiger partial charge in [-0.15, -0.1) is 11.3 Å². The fraction of sp³-hybridized carbons (Fsp3) is 0.800. The van der Waals surface area contributed by atoms with E-state index in [1.165, 1.54) is 30.6 Å². The molecule has 1 saturated carbocycles. The summed E-state index contributed by atoms with van der Waals surface area (Å²) in [5.41, 5.74) is 2.43. The van der Waals surface area contributed by atoms with Crippen LogP contribution in [-0.4, -0.2) is 17.6 Å². The highest BCUT2D eigenvalue weighted by atomic mass is 32.1. The maximum absolute atomic E-state index is 4.21. The Morgan fingerprint density at radius 3 is 2.94 bits per heavy atom. The smallest absolute Gasteiger partial charge is 0.0794 e. The molecule has 2 nitrogen and oxygen atoms in total. The van der Waals surface area contributed by atoms with Gasteiger partial charge in [0.15, 0.2) is 0 Å². The minimum atomic E-state index is 0.482. The van der Waals surface area contributed by atoms with Crippen LogP contribution in [0.3, 0.4) is 0 Å². The van der Waals surface area contributed by atoms with Crippen LogP contribution in [0.15, 0.2) is 11.7 Å². The highest BCUT2D eigenvalue weighted by Crippen LogP contribution is 2.43. The lowest BCUT2D eigenvalue weighted by atomic mass is 9.65. The van der Waals surface area contributed by atoms with Crippen molar-refractivity contribution in [3.05, 3.63) is 16.6 Å². The summed E-state index contributed by atoms with van der Waals surface area (Å²) in [7, 11) is 0. The molecule has 0 bridgehead atoms. The van der Waals surface area contributed by atoms with Gasteiger partial charge >= 0.3 is 0 Å². The lowest BCUT2D eigenvalue weighted by molar-refractivity contribution is 0.0990. The summed E-state index contributed by atoms with van der Waals surface area (Å²) >= 11 is 1.79. The number of aromatic nitrogens is 1. The monoisotopic (exact) mass is 266 g/mol. The number of thiazole rings is 1. The Balaban J connectivity index is 2.08. The zero-order chi connectivity index (χ0) is 13.0. The van der Waals surface area contributed by atoms with Crippen LogP contribution in [0.1, 0.15) is 51.3 Å². The van der Waals surface area contributed by atoms with Gasteiger partial charge in [0.1, 0.15) is 0 Å². The molecule has 1 fully saturated rings. The molecule has 0 spiro atoms. The zero-order valence-electron chi connectivity index (χ0n) is 11.9. The number of nitrogens with zero attached hydrogens (tertiary/aromatic N) is 1. The Hall–Kier alpha value is -0.410. The predicted octanol–water partition coefficient (Wildman–Crippen LogP) is 3.88. The summed E-state index contributed by atoms with van der Waals surface area (Å²) in [5, 5.41) is 3.73. The van der Waals surface area contributed by atoms with E-state index in [2.05, 4.69) is 31.1 Å². The maximum Gasteiger partial charge on any atom is 0.0794 e. The molecule has 1 aliphatic rings. The molecule has 1 aromatic rings. The third-order valence-electron chi connectivity index (χ3n) is 4.45. The molecule has 1 N–H and O–H groups in total. The van der Waals surface area contributed by atoms with E-state index in [0.717, 1.165) is 18.9 Å². The van der Waals surface area contributed by atoms with Gasteiger partial charge in [-0.1, -0.05) is 33.6 Å². The van der Waals surface area contributed by atoms with Crippen LogP contribution >= 0.6 is 11.3 Å². The van der Waals surface area contributed by atoms with E-state index in [0.29, 0.717) is 11.5 Å². The van der Waals surface area contributed by atoms with Crippen LogP contribution in [0, 0.1) is 11.3 Å². The van der Waals surface area contributed by atoms with Crippen LogP contribution in [-0.2, 0) is 6.42 Å². The largest absolute Gasteiger partial charge is 0.314 e. The number of likely N-dealkylation sites (N-methyl/N-ethyl adjacent to an activating group) is 1. The lowest BCUT2D eigenvalue weighted by Gasteiger charge is -2.43. The SMILES string of the molecule is CCNC(Cc1cncs1)C1CCCCC1(C)C. The van der Waals surface area contributed by atoms with Gasteiger partial charge in [0, 0.05) is 17.1 Å². The zero-order valence-corrected chi connectivity index (χ0v) is 12.7. The van der Waals surface area contributed by atoms with Crippen LogP contribution in [0.4, 0.5) is 0 Å². The van der Waals surface area contributed by atoms with E-state index in [1.807, 2.05) is 11.7 Å². The molecular formula is C15H26N2S. The van der Waals surface area contributed by atoms with Gasteiger partial charge in [0.05, 0.1) is 5.51 Å². The Bertz CT molecular complexity index is 345. The molecule has 0 aliphatic heterocycles. The van der Waals surface area contributed by atoms with Crippen LogP contribution in [0.2, 0.25) is 0 Å². The highest BCUT2D eigenvalue weighted by molar-refractivity contribution is 7.09. The minimum absolute atomic E-state index is 0.482. The molecule has 1 aliphatic carbocycles. The molecule has 2 atom stereocenters. The molecule has 2 unspecified atom stereocenters. The van der Waals surface area contributed by atoms with Crippen LogP contribution in [0.5, 0.6) is 0 Å². The van der Waals surface area contributed by atoms with Crippen molar-refractivity contribution in [2.24, 2.45) is 11.3 Å². The summed E-state index contributed by atoms with van der Waals surface area (Å²) in [6.07, 6.45) is 8.74. The Kier molecular flexibility index (Phi) is 4.79. The number of rotatable bonds is 5. The molecule has 0 saturated heterocycles. The second kappa shape index (κ2) is 6.16. The van der Waals surface area contributed by atoms with Gasteiger partial charge in [-0.05, 0) is 37.1 Å². The normalized spacial score (nSPS) is 24.9. The van der Waals surface area contributed by atoms with Gasteiger partial charge in [0.25, 0.3) is 0 Å². The molecule has 0 amide bonds. The topological polar surface area (TPSA) is 24.9 Å². The lowest BCUT2D eigenvalue weighted by Crippen LogP contribution is -2.45. The number of hydrogen-bond acceptors (Lipinski definition) is 3. The van der Waals surface area contributed by atoms with Crippen molar-refractivity contribution in [1.29, 1.82) is 0 Å². The molecule has 3 heteroatoms. The fourth-order valence-corrected chi connectivity index (χ4v) is 4.10. The summed E-state index contributed by atoms with van der Waals surface area (Å²) < 4.78 is 0. The van der Waals surface area contributed by atoms with E-state index in [9.17, 15) is 0 Å². The molecule has 0 aromatic carbocycles. The average molecular weight is 266 g/mol. The third-order valence-corrected chi connectivity index (χ3v) is 5.25. The van der Waals surface area contributed by atoms with Crippen LogP contribution in [0.25, 0.3) is 0 Å². The van der Waals surface area contributed by atoms with Crippen molar-refractivity contribution < 1.29 is 0 Å². The van der Waals surface area contributed by atoms with Gasteiger partial charge in [-0.25, -0.2) is 0 Å². The van der Waals surface area contributed by atoms with Gasteiger partial charge in [-0.3, -0.25) is 4.98 Å². The van der Waals surface area contributed by atoms with Crippen molar-refractivity contribution in [3.63, 3.8) is 0 Å². The maximum atomic E-state index is 4.21. The molecular weight excluding hydrogens is 240 g/mol. The van der Waals surface area contributed by atoms with Crippen molar-refractivity contribution in [3.8, 4) is 0 Å². The van der Waals surface area contributed by atoms with E-state index in [-0.39, 0.29) is 0 Å². The van der Waals surface area contributed by atoms with E-state index >= 15 is 0 Å². The molecule has 102 valence electrons. The molecule has 2 rings (SSSR count). The van der Waals surface area contributed by atoms with Crippen molar-refractivity contribution in [1.82, 2.24) is 10.3 Å². The summed E-state index contributed by atoms with van der Waals surface area (Å²) in [6.45, 7) is 8.19. The summed E-state index contributed by atoms with van der Waals surface area (Å²) in [5.74, 6) is 0.799. The van der Waals surface area contributed by atoms with Crippen molar-refractivity contribution in [2.45, 2.75) is 58.9 Å². The summed E-state index contributed by atoms with van der Waals surface area (Å²) in [4.78, 5) is 5.63. The third kappa shape index (κ3) is 3.33. The Morgan fingerprint density at radius 1 is 1.50 bits per heavy atom. The first-order valence-electron chi connectivity index (χ1n) is 7.24. The molecule has 18 heavy (non-hydrogen) atoms. The number of hydrogen-bond donors (Lipinski definition) is 1. The van der Waals surface area contributed by atoms with Crippen molar-refractivity contribution >= 4 is 11.3 Å². The standard InChI is InChI=1S/C15H26N2S/c1-4-17-14(9-12-10-16-11-18-12)13-7-5-6-8-15(13,2)3/h10-11,13-14,17H,4-9H2,1-3H3. The minimum Gasteiger partial charge on any atom is -0.314 e. The van der Waals surface area contributed by atoms with E-state index < -0.39 is 0 Å². The molecule has 1 heterocycles. The van der Waals surface area contributed by atoms with Gasteiger partial charge < -0.3 is 5.32 Å². The highest BCUT2D eigenvalue weighted by Gasteiger charge is 2.37. The predicted molar refractivity (Wildman–Crippen MR) is 79.0 cm³/mol. The quantitative estimate of drug-likeness (QED) is 0.875. The first kappa shape index (κ1) is 14.0. The van der Waals surface area contributed by atoms with Gasteiger partial charge in [0.2, 0.25) is 0 Å². The fourth-order valence-electron chi connectivity index (χ4n) is 3.45. The average Bonchev–Trinajstić information content (AvgIpc) is 2.81. The van der Waals surface area contributed by atoms with Gasteiger partial charge in [-0.2, -0.15) is 0 Å². The Morgan fingerprint density at radius 2 is 2.33 bits per heavy atom. The van der Waals surface area contributed by atoms with E-state index in [1.54, 1.807) is 11.3 Å². The van der Waals surface area contributed by atoms with Crippen molar-refractivity contribution in [2.75, 3.05) is 6.54 Å². The summed E-state index contributed by atoms with van der Waals surface area (Å²) in [6, 6.07) is 0.616. The second-order valence-corrected chi connectivity index (χ2v) is 7.15. The molecule has 1 aromatic heterocycles. The van der Waals surface area contributed by atoms with Crippen LogP contribution < -0.4 is 5.32 Å². The Labute approximate surface area is 115 Å². The molecule has 0 radical (unpaired) electrons. The van der Waals surface area contributed by atoms with E-state index in [4.69, 9.17) is 0 Å². The first-order valence-corrected chi connectivity index (χ1v) is 8.12. The first-order chi connectivity index (χ1) is 8.63. The number of nitrogens with one attached hydrogen (secondary N) is 1. The second-order valence-electron chi connectivity index (χ2n) is 6.18.